The summed E-state index contributed by atoms with van der Waals surface area (Å²) in [6.45, 7) is 3.41. The van der Waals surface area contributed by atoms with Crippen LogP contribution in [-0.4, -0.2) is 39.2 Å². The van der Waals surface area contributed by atoms with Crippen LogP contribution in [0.2, 0.25) is 0 Å². The Morgan fingerprint density at radius 2 is 1.93 bits per heavy atom. The molecule has 0 aromatic carbocycles. The van der Waals surface area contributed by atoms with E-state index in [9.17, 15) is 13.8 Å². The fraction of sp³-hybridized carbons (Fsp3) is 0.778. The number of carboxylic acid groups (broad SMARTS) is 1. The molecular weight excluding hydrogens is 218 g/mol. The molecule has 0 rings (SSSR count). The third-order valence-electron chi connectivity index (χ3n) is 1.94. The number of rotatable bonds is 6. The van der Waals surface area contributed by atoms with Crippen LogP contribution in [-0.2, 0) is 20.4 Å². The Bertz CT molecular complexity index is 265. The molecule has 2 N–H and O–H groups in total. The highest BCUT2D eigenvalue weighted by molar-refractivity contribution is 7.86. The van der Waals surface area contributed by atoms with Gasteiger partial charge in [-0.25, -0.2) is 0 Å². The van der Waals surface area contributed by atoms with Gasteiger partial charge in [-0.15, -0.1) is 0 Å². The zero-order valence-electron chi connectivity index (χ0n) is 9.15. The van der Waals surface area contributed by atoms with Crippen molar-refractivity contribution in [2.45, 2.75) is 25.5 Å². The summed E-state index contributed by atoms with van der Waals surface area (Å²) in [6, 6.07) is 0. The fourth-order valence-electron chi connectivity index (χ4n) is 1.15. The maximum absolute atomic E-state index is 11.6. The first-order valence-electron chi connectivity index (χ1n) is 4.70. The van der Waals surface area contributed by atoms with Gasteiger partial charge in [0, 0.05) is 30.0 Å². The van der Waals surface area contributed by atoms with Crippen LogP contribution in [0.15, 0.2) is 0 Å². The largest absolute Gasteiger partial charge is 0.480 e. The van der Waals surface area contributed by atoms with Crippen molar-refractivity contribution in [3.05, 3.63) is 0 Å². The SMILES string of the molecule is CNC(=O)CCS(=O)C(C(=O)O)C(C)C. The Morgan fingerprint density at radius 1 is 1.40 bits per heavy atom. The molecule has 88 valence electrons. The van der Waals surface area contributed by atoms with E-state index in [1.54, 1.807) is 13.8 Å². The van der Waals surface area contributed by atoms with E-state index in [0.717, 1.165) is 0 Å². The molecule has 1 amide bonds. The van der Waals surface area contributed by atoms with Gasteiger partial charge in [0.25, 0.3) is 0 Å². The van der Waals surface area contributed by atoms with Gasteiger partial charge in [0.05, 0.1) is 0 Å². The topological polar surface area (TPSA) is 83.5 Å². The highest BCUT2D eigenvalue weighted by atomic mass is 32.2. The minimum Gasteiger partial charge on any atom is -0.480 e. The molecule has 0 spiro atoms. The first-order chi connectivity index (χ1) is 6.90. The summed E-state index contributed by atoms with van der Waals surface area (Å²) in [4.78, 5) is 21.7. The van der Waals surface area contributed by atoms with E-state index >= 15 is 0 Å². The lowest BCUT2D eigenvalue weighted by Crippen LogP contribution is -2.33. The molecule has 0 aliphatic rings. The summed E-state index contributed by atoms with van der Waals surface area (Å²) >= 11 is 0. The summed E-state index contributed by atoms with van der Waals surface area (Å²) in [7, 11) is -0.0121. The van der Waals surface area contributed by atoms with E-state index in [1.807, 2.05) is 0 Å². The second-order valence-electron chi connectivity index (χ2n) is 3.51. The molecule has 5 nitrogen and oxygen atoms in total. The van der Waals surface area contributed by atoms with Gasteiger partial charge in [-0.1, -0.05) is 13.8 Å². The molecule has 15 heavy (non-hydrogen) atoms. The number of carbonyl (C=O) groups excluding carboxylic acids is 1. The zero-order valence-corrected chi connectivity index (χ0v) is 9.97. The Morgan fingerprint density at radius 3 is 2.27 bits per heavy atom. The smallest absolute Gasteiger partial charge is 0.319 e. The highest BCUT2D eigenvalue weighted by Gasteiger charge is 2.27. The summed E-state index contributed by atoms with van der Waals surface area (Å²) < 4.78 is 11.6. The van der Waals surface area contributed by atoms with Crippen LogP contribution >= 0.6 is 0 Å². The van der Waals surface area contributed by atoms with Gasteiger partial charge in [-0.2, -0.15) is 0 Å². The lowest BCUT2D eigenvalue weighted by Gasteiger charge is -2.15. The van der Waals surface area contributed by atoms with Crippen molar-refractivity contribution in [1.82, 2.24) is 5.32 Å². The third-order valence-corrected chi connectivity index (χ3v) is 3.86. The molecule has 0 aromatic heterocycles. The van der Waals surface area contributed by atoms with Crippen LogP contribution in [0.1, 0.15) is 20.3 Å². The van der Waals surface area contributed by atoms with E-state index in [0.29, 0.717) is 0 Å². The summed E-state index contributed by atoms with van der Waals surface area (Å²) in [6.07, 6.45) is 0.0968. The van der Waals surface area contributed by atoms with Crippen LogP contribution in [0.5, 0.6) is 0 Å². The Balaban J connectivity index is 4.28. The van der Waals surface area contributed by atoms with Crippen LogP contribution in [0.3, 0.4) is 0 Å². The quantitative estimate of drug-likeness (QED) is 0.677. The monoisotopic (exact) mass is 235 g/mol. The van der Waals surface area contributed by atoms with Gasteiger partial charge >= 0.3 is 5.97 Å². The van der Waals surface area contributed by atoms with Gasteiger partial charge in [-0.05, 0) is 5.92 Å². The molecule has 0 bridgehead atoms. The number of hydrogen-bond donors (Lipinski definition) is 2. The van der Waals surface area contributed by atoms with Crippen molar-refractivity contribution in [3.8, 4) is 0 Å². The molecule has 0 aromatic rings. The van der Waals surface area contributed by atoms with E-state index in [1.165, 1.54) is 7.05 Å². The number of nitrogens with one attached hydrogen (secondary N) is 1. The van der Waals surface area contributed by atoms with Crippen molar-refractivity contribution in [1.29, 1.82) is 0 Å². The lowest BCUT2D eigenvalue weighted by molar-refractivity contribution is -0.137. The maximum Gasteiger partial charge on any atom is 0.319 e. The molecular formula is C9H17NO4S. The molecule has 0 aliphatic carbocycles. The standard InChI is InChI=1S/C9H17NO4S/c1-6(2)8(9(12)13)15(14)5-4-7(11)10-3/h6,8H,4-5H2,1-3H3,(H,10,11)(H,12,13). The van der Waals surface area contributed by atoms with Crippen molar-refractivity contribution in [2.75, 3.05) is 12.8 Å². The van der Waals surface area contributed by atoms with E-state index in [2.05, 4.69) is 5.32 Å². The first-order valence-corrected chi connectivity index (χ1v) is 6.09. The first kappa shape index (κ1) is 14.1. The van der Waals surface area contributed by atoms with Crippen LogP contribution < -0.4 is 5.32 Å². The van der Waals surface area contributed by atoms with Gasteiger partial charge < -0.3 is 10.4 Å². The Kier molecular flexibility index (Phi) is 6.15. The fourth-order valence-corrected chi connectivity index (χ4v) is 2.62. The van der Waals surface area contributed by atoms with Crippen LogP contribution in [0, 0.1) is 5.92 Å². The predicted octanol–water partition coefficient (Wildman–Crippen LogP) is -0.0196. The molecule has 0 saturated carbocycles. The van der Waals surface area contributed by atoms with Crippen molar-refractivity contribution in [3.63, 3.8) is 0 Å². The molecule has 2 atom stereocenters. The summed E-state index contributed by atoms with van der Waals surface area (Å²) in [5, 5.41) is 10.3. The molecule has 0 heterocycles. The van der Waals surface area contributed by atoms with Gasteiger partial charge in [0.1, 0.15) is 5.25 Å². The average Bonchev–Trinajstić information content (AvgIpc) is 2.12. The number of aliphatic carboxylic acids is 1. The minimum atomic E-state index is -1.50. The van der Waals surface area contributed by atoms with E-state index in [-0.39, 0.29) is 24.0 Å². The van der Waals surface area contributed by atoms with Crippen molar-refractivity contribution >= 4 is 22.7 Å². The maximum atomic E-state index is 11.6. The van der Waals surface area contributed by atoms with Gasteiger partial charge in [0.15, 0.2) is 0 Å². The second kappa shape index (κ2) is 6.55. The van der Waals surface area contributed by atoms with E-state index in [4.69, 9.17) is 5.11 Å². The van der Waals surface area contributed by atoms with Crippen LogP contribution in [0.25, 0.3) is 0 Å². The molecule has 6 heteroatoms. The lowest BCUT2D eigenvalue weighted by atomic mass is 10.1. The molecule has 2 unspecified atom stereocenters. The van der Waals surface area contributed by atoms with Crippen LogP contribution in [0.4, 0.5) is 0 Å². The second-order valence-corrected chi connectivity index (χ2v) is 5.19. The number of hydrogen-bond acceptors (Lipinski definition) is 3. The van der Waals surface area contributed by atoms with Gasteiger partial charge in [0.2, 0.25) is 5.91 Å². The summed E-state index contributed by atoms with van der Waals surface area (Å²) in [5.74, 6) is -1.40. The Hall–Kier alpha value is -0.910. The number of amides is 1. The minimum absolute atomic E-state index is 0.0921. The molecule has 0 fully saturated rings. The normalized spacial score (nSPS) is 14.7. The summed E-state index contributed by atoms with van der Waals surface area (Å²) in [5.41, 5.74) is 0. The average molecular weight is 235 g/mol. The predicted molar refractivity (Wildman–Crippen MR) is 58.0 cm³/mol. The molecule has 0 saturated heterocycles. The molecule has 0 radical (unpaired) electrons. The Labute approximate surface area is 91.7 Å². The van der Waals surface area contributed by atoms with Gasteiger partial charge in [-0.3, -0.25) is 13.8 Å². The zero-order chi connectivity index (χ0) is 12.0. The van der Waals surface area contributed by atoms with Crippen molar-refractivity contribution < 1.29 is 18.9 Å². The number of carbonyl (C=O) groups is 2. The third kappa shape index (κ3) is 4.92. The highest BCUT2D eigenvalue weighted by Crippen LogP contribution is 2.10. The van der Waals surface area contributed by atoms with E-state index < -0.39 is 22.0 Å². The molecule has 0 aliphatic heterocycles. The number of carboxylic acids is 1. The van der Waals surface area contributed by atoms with Crippen molar-refractivity contribution in [2.24, 2.45) is 5.92 Å².